The molecule has 1 N–H and O–H groups in total. The lowest BCUT2D eigenvalue weighted by Crippen LogP contribution is -2.41. The summed E-state index contributed by atoms with van der Waals surface area (Å²) >= 11 is 6.05. The number of nitrogens with zero attached hydrogens (tertiary/aromatic N) is 3. The van der Waals surface area contributed by atoms with Gasteiger partial charge in [-0.3, -0.25) is 4.79 Å². The first kappa shape index (κ1) is 17.9. The lowest BCUT2D eigenvalue weighted by atomic mass is 9.95. The van der Waals surface area contributed by atoms with Gasteiger partial charge >= 0.3 is 0 Å². The van der Waals surface area contributed by atoms with Gasteiger partial charge in [0, 0.05) is 36.0 Å². The number of nitrogens with one attached hydrogen (secondary N) is 1. The monoisotopic (exact) mass is 360 g/mol. The van der Waals surface area contributed by atoms with Gasteiger partial charge in [0.1, 0.15) is 12.1 Å². The van der Waals surface area contributed by atoms with Crippen molar-refractivity contribution in [3.05, 3.63) is 29.5 Å². The molecular formula is C19H25ClN4O. The number of aromatic nitrogens is 2. The van der Waals surface area contributed by atoms with Crippen LogP contribution in [-0.2, 0) is 4.79 Å². The number of piperidine rings is 1. The highest BCUT2D eigenvalue weighted by Crippen LogP contribution is 2.28. The van der Waals surface area contributed by atoms with Gasteiger partial charge in [-0.25, -0.2) is 9.97 Å². The Kier molecular flexibility index (Phi) is 6.08. The van der Waals surface area contributed by atoms with Crippen LogP contribution < -0.4 is 10.2 Å². The molecule has 0 atom stereocenters. The van der Waals surface area contributed by atoms with Gasteiger partial charge in [-0.1, -0.05) is 31.4 Å². The molecule has 2 aromatic rings. The van der Waals surface area contributed by atoms with Crippen molar-refractivity contribution >= 4 is 34.2 Å². The van der Waals surface area contributed by atoms with E-state index < -0.39 is 0 Å². The molecule has 1 aromatic heterocycles. The second-order valence-corrected chi connectivity index (χ2v) is 7.05. The minimum absolute atomic E-state index is 0.112. The molecule has 3 rings (SSSR count). The molecular weight excluding hydrogens is 336 g/mol. The summed E-state index contributed by atoms with van der Waals surface area (Å²) in [5, 5.41) is 4.77. The van der Waals surface area contributed by atoms with Gasteiger partial charge in [0.15, 0.2) is 0 Å². The quantitative estimate of drug-likeness (QED) is 0.796. The molecule has 5 nitrogen and oxygen atoms in total. The number of hydrogen-bond acceptors (Lipinski definition) is 4. The standard InChI is InChI=1S/C19H25ClN4O/c1-2-3-4-9-21-19(25)14-7-10-24(11-8-14)18-16-6-5-15(20)12-17(16)22-13-23-18/h5-6,12-14H,2-4,7-11H2,1H3,(H,21,25). The molecule has 1 aromatic carbocycles. The summed E-state index contributed by atoms with van der Waals surface area (Å²) in [4.78, 5) is 23.3. The maximum absolute atomic E-state index is 12.3. The number of rotatable bonds is 6. The number of carbonyl (C=O) groups is 1. The van der Waals surface area contributed by atoms with E-state index in [1.807, 2.05) is 18.2 Å². The van der Waals surface area contributed by atoms with Gasteiger partial charge < -0.3 is 10.2 Å². The first-order valence-corrected chi connectivity index (χ1v) is 9.49. The molecule has 134 valence electrons. The SMILES string of the molecule is CCCCCNC(=O)C1CCN(c2ncnc3cc(Cl)ccc23)CC1. The first-order chi connectivity index (χ1) is 12.2. The van der Waals surface area contributed by atoms with Crippen LogP contribution in [0.2, 0.25) is 5.02 Å². The highest BCUT2D eigenvalue weighted by Gasteiger charge is 2.26. The number of halogens is 1. The van der Waals surface area contributed by atoms with Gasteiger partial charge in [-0.2, -0.15) is 0 Å². The Labute approximate surface area is 153 Å². The summed E-state index contributed by atoms with van der Waals surface area (Å²) in [6.45, 7) is 4.64. The number of hydrogen-bond donors (Lipinski definition) is 1. The molecule has 0 saturated carbocycles. The maximum atomic E-state index is 12.3. The minimum Gasteiger partial charge on any atom is -0.356 e. The molecule has 0 bridgehead atoms. The Balaban J connectivity index is 1.60. The third-order valence-corrected chi connectivity index (χ3v) is 5.06. The van der Waals surface area contributed by atoms with Crippen molar-refractivity contribution in [1.82, 2.24) is 15.3 Å². The van der Waals surface area contributed by atoms with E-state index in [-0.39, 0.29) is 11.8 Å². The Morgan fingerprint density at radius 1 is 1.28 bits per heavy atom. The minimum atomic E-state index is 0.112. The molecule has 0 radical (unpaired) electrons. The number of benzene rings is 1. The fourth-order valence-corrected chi connectivity index (χ4v) is 3.52. The van der Waals surface area contributed by atoms with E-state index in [2.05, 4.69) is 27.1 Å². The van der Waals surface area contributed by atoms with Crippen LogP contribution in [0.1, 0.15) is 39.0 Å². The van der Waals surface area contributed by atoms with Crippen molar-refractivity contribution in [2.75, 3.05) is 24.5 Å². The first-order valence-electron chi connectivity index (χ1n) is 9.12. The van der Waals surface area contributed by atoms with Crippen LogP contribution in [0.4, 0.5) is 5.82 Å². The topological polar surface area (TPSA) is 58.1 Å². The third kappa shape index (κ3) is 4.40. The smallest absolute Gasteiger partial charge is 0.223 e. The molecule has 2 heterocycles. The number of amides is 1. The van der Waals surface area contributed by atoms with Crippen molar-refractivity contribution in [3.8, 4) is 0 Å². The predicted octanol–water partition coefficient (Wildman–Crippen LogP) is 3.81. The van der Waals surface area contributed by atoms with E-state index in [0.29, 0.717) is 5.02 Å². The van der Waals surface area contributed by atoms with Crippen LogP contribution >= 0.6 is 11.6 Å². The summed E-state index contributed by atoms with van der Waals surface area (Å²) in [5.74, 6) is 1.25. The van der Waals surface area contributed by atoms with Crippen LogP contribution in [0.5, 0.6) is 0 Å². The molecule has 0 aliphatic carbocycles. The van der Waals surface area contributed by atoms with E-state index in [0.717, 1.165) is 55.6 Å². The van der Waals surface area contributed by atoms with Gasteiger partial charge in [0.25, 0.3) is 0 Å². The second-order valence-electron chi connectivity index (χ2n) is 6.62. The van der Waals surface area contributed by atoms with Gasteiger partial charge in [-0.15, -0.1) is 0 Å². The van der Waals surface area contributed by atoms with E-state index in [9.17, 15) is 4.79 Å². The van der Waals surface area contributed by atoms with E-state index >= 15 is 0 Å². The van der Waals surface area contributed by atoms with Gasteiger partial charge in [0.05, 0.1) is 5.52 Å². The zero-order chi connectivity index (χ0) is 17.6. The normalized spacial score (nSPS) is 15.5. The molecule has 1 saturated heterocycles. The number of fused-ring (bicyclic) bond motifs is 1. The Morgan fingerprint density at radius 2 is 2.08 bits per heavy atom. The molecule has 1 aliphatic heterocycles. The largest absolute Gasteiger partial charge is 0.356 e. The van der Waals surface area contributed by atoms with Crippen LogP contribution in [0.25, 0.3) is 10.9 Å². The zero-order valence-electron chi connectivity index (χ0n) is 14.7. The molecule has 25 heavy (non-hydrogen) atoms. The average molecular weight is 361 g/mol. The zero-order valence-corrected chi connectivity index (χ0v) is 15.4. The van der Waals surface area contributed by atoms with Crippen molar-refractivity contribution in [2.45, 2.75) is 39.0 Å². The predicted molar refractivity (Wildman–Crippen MR) is 102 cm³/mol. The van der Waals surface area contributed by atoms with Crippen LogP contribution in [-0.4, -0.2) is 35.5 Å². The van der Waals surface area contributed by atoms with Crippen LogP contribution in [0.3, 0.4) is 0 Å². The molecule has 1 amide bonds. The van der Waals surface area contributed by atoms with E-state index in [1.165, 1.54) is 12.8 Å². The summed E-state index contributed by atoms with van der Waals surface area (Å²) in [6.07, 6.45) is 6.71. The van der Waals surface area contributed by atoms with Crippen molar-refractivity contribution in [1.29, 1.82) is 0 Å². The van der Waals surface area contributed by atoms with Crippen molar-refractivity contribution in [2.24, 2.45) is 5.92 Å². The van der Waals surface area contributed by atoms with Crippen molar-refractivity contribution in [3.63, 3.8) is 0 Å². The Hall–Kier alpha value is -1.88. The Bertz CT molecular complexity index is 728. The summed E-state index contributed by atoms with van der Waals surface area (Å²) in [5.41, 5.74) is 0.855. The highest BCUT2D eigenvalue weighted by atomic mass is 35.5. The number of anilines is 1. The second kappa shape index (κ2) is 8.48. The molecule has 1 fully saturated rings. The van der Waals surface area contributed by atoms with Crippen LogP contribution in [0, 0.1) is 5.92 Å². The lowest BCUT2D eigenvalue weighted by molar-refractivity contribution is -0.125. The van der Waals surface area contributed by atoms with Crippen molar-refractivity contribution < 1.29 is 4.79 Å². The number of unbranched alkanes of at least 4 members (excludes halogenated alkanes) is 2. The molecule has 0 spiro atoms. The number of carbonyl (C=O) groups excluding carboxylic acids is 1. The Morgan fingerprint density at radius 3 is 2.84 bits per heavy atom. The lowest BCUT2D eigenvalue weighted by Gasteiger charge is -2.32. The van der Waals surface area contributed by atoms with Crippen LogP contribution in [0.15, 0.2) is 24.5 Å². The molecule has 6 heteroatoms. The maximum Gasteiger partial charge on any atom is 0.223 e. The fourth-order valence-electron chi connectivity index (χ4n) is 3.35. The van der Waals surface area contributed by atoms with E-state index in [1.54, 1.807) is 6.33 Å². The molecule has 0 unspecified atom stereocenters. The molecule has 1 aliphatic rings. The third-order valence-electron chi connectivity index (χ3n) is 4.82. The fraction of sp³-hybridized carbons (Fsp3) is 0.526. The van der Waals surface area contributed by atoms with Gasteiger partial charge in [-0.05, 0) is 37.5 Å². The van der Waals surface area contributed by atoms with Gasteiger partial charge in [0.2, 0.25) is 5.91 Å². The summed E-state index contributed by atoms with van der Waals surface area (Å²) in [6, 6.07) is 5.70. The average Bonchev–Trinajstić information content (AvgIpc) is 2.64. The summed E-state index contributed by atoms with van der Waals surface area (Å²) < 4.78 is 0. The van der Waals surface area contributed by atoms with E-state index in [4.69, 9.17) is 11.6 Å². The summed E-state index contributed by atoms with van der Waals surface area (Å²) in [7, 11) is 0. The highest BCUT2D eigenvalue weighted by molar-refractivity contribution is 6.31.